The van der Waals surface area contributed by atoms with E-state index < -0.39 is 0 Å². The molecule has 4 nitrogen and oxygen atoms in total. The van der Waals surface area contributed by atoms with Crippen molar-refractivity contribution in [1.29, 1.82) is 0 Å². The van der Waals surface area contributed by atoms with E-state index in [1.807, 2.05) is 13.8 Å². The third-order valence-corrected chi connectivity index (χ3v) is 4.35. The van der Waals surface area contributed by atoms with Gasteiger partial charge in [-0.3, -0.25) is 0 Å². The van der Waals surface area contributed by atoms with Crippen LogP contribution < -0.4 is 0 Å². The van der Waals surface area contributed by atoms with Gasteiger partial charge in [0.2, 0.25) is 11.7 Å². The number of hydrogen-bond donors (Lipinski definition) is 0. The molecule has 1 aromatic rings. The lowest BCUT2D eigenvalue weighted by Crippen LogP contribution is -2.21. The molecule has 4 heteroatoms. The van der Waals surface area contributed by atoms with E-state index in [1.54, 1.807) is 6.92 Å². The van der Waals surface area contributed by atoms with E-state index in [9.17, 15) is 4.79 Å². The van der Waals surface area contributed by atoms with Gasteiger partial charge < -0.3 is 9.15 Å². The van der Waals surface area contributed by atoms with Gasteiger partial charge in [0.05, 0.1) is 12.3 Å². The maximum absolute atomic E-state index is 12.0. The summed E-state index contributed by atoms with van der Waals surface area (Å²) in [7, 11) is 0. The number of carbonyl (C=O) groups is 1. The second-order valence-corrected chi connectivity index (χ2v) is 5.95. The molecule has 2 rings (SSSR count). The Labute approximate surface area is 120 Å². The number of esters is 1. The van der Waals surface area contributed by atoms with Crippen molar-refractivity contribution in [3.8, 4) is 0 Å². The average Bonchev–Trinajstić information content (AvgIpc) is 3.06. The molecule has 0 unspecified atom stereocenters. The molecule has 1 saturated carbocycles. The maximum atomic E-state index is 12.0. The summed E-state index contributed by atoms with van der Waals surface area (Å²) in [5, 5.41) is 0. The average molecular weight is 279 g/mol. The minimum atomic E-state index is -0.390. The van der Waals surface area contributed by atoms with Crippen LogP contribution in [0.5, 0.6) is 0 Å². The Morgan fingerprint density at radius 3 is 2.50 bits per heavy atom. The van der Waals surface area contributed by atoms with Crippen molar-refractivity contribution in [2.75, 3.05) is 6.61 Å². The fourth-order valence-electron chi connectivity index (χ4n) is 3.06. The molecule has 0 spiro atoms. The molecule has 1 aliphatic carbocycles. The molecule has 0 bridgehead atoms. The van der Waals surface area contributed by atoms with Crippen molar-refractivity contribution in [3.63, 3.8) is 0 Å². The Morgan fingerprint density at radius 2 is 2.00 bits per heavy atom. The molecule has 0 saturated heterocycles. The summed E-state index contributed by atoms with van der Waals surface area (Å²) < 4.78 is 11.0. The second kappa shape index (κ2) is 5.98. The van der Waals surface area contributed by atoms with Crippen LogP contribution in [0.4, 0.5) is 0 Å². The summed E-state index contributed by atoms with van der Waals surface area (Å²) in [5.41, 5.74) is 0.757. The third-order valence-electron chi connectivity index (χ3n) is 4.35. The Morgan fingerprint density at radius 1 is 1.35 bits per heavy atom. The highest BCUT2D eigenvalue weighted by Gasteiger charge is 2.40. The van der Waals surface area contributed by atoms with Crippen LogP contribution in [-0.2, 0) is 10.2 Å². The second-order valence-electron chi connectivity index (χ2n) is 5.95. The minimum absolute atomic E-state index is 0.0222. The number of ether oxygens (including phenoxy) is 1. The molecule has 0 N–H and O–H groups in total. The summed E-state index contributed by atoms with van der Waals surface area (Å²) in [6.07, 6.45) is 5.63. The Bertz CT molecular complexity index is 470. The molecule has 112 valence electrons. The first-order valence-electron chi connectivity index (χ1n) is 7.72. The van der Waals surface area contributed by atoms with E-state index in [0.29, 0.717) is 12.4 Å². The van der Waals surface area contributed by atoms with Crippen LogP contribution in [0.3, 0.4) is 0 Å². The lowest BCUT2D eigenvalue weighted by molar-refractivity contribution is 0.0483. The summed E-state index contributed by atoms with van der Waals surface area (Å²) in [5.74, 6) is 0.808. The first-order chi connectivity index (χ1) is 9.54. The summed E-state index contributed by atoms with van der Waals surface area (Å²) in [6, 6.07) is 0. The van der Waals surface area contributed by atoms with Crippen LogP contribution in [0.25, 0.3) is 0 Å². The van der Waals surface area contributed by atoms with Crippen LogP contribution in [0.1, 0.15) is 87.9 Å². The zero-order valence-corrected chi connectivity index (χ0v) is 13.0. The molecular weight excluding hydrogens is 254 g/mol. The summed E-state index contributed by atoms with van der Waals surface area (Å²) >= 11 is 0. The fraction of sp³-hybridized carbons (Fsp3) is 0.750. The topological polar surface area (TPSA) is 52.3 Å². The molecule has 0 aromatic carbocycles. The highest BCUT2D eigenvalue weighted by molar-refractivity contribution is 5.87. The van der Waals surface area contributed by atoms with Crippen molar-refractivity contribution in [2.24, 2.45) is 0 Å². The molecule has 1 fully saturated rings. The number of rotatable bonds is 5. The van der Waals surface area contributed by atoms with Crippen LogP contribution in [0, 0.1) is 0 Å². The summed E-state index contributed by atoms with van der Waals surface area (Å²) in [4.78, 5) is 16.7. The van der Waals surface area contributed by atoms with Crippen LogP contribution in [0.15, 0.2) is 4.42 Å². The molecule has 1 aliphatic rings. The minimum Gasteiger partial charge on any atom is -0.460 e. The van der Waals surface area contributed by atoms with Gasteiger partial charge >= 0.3 is 5.97 Å². The molecule has 1 aromatic heterocycles. The maximum Gasteiger partial charge on any atom is 0.376 e. The van der Waals surface area contributed by atoms with E-state index in [0.717, 1.165) is 30.8 Å². The van der Waals surface area contributed by atoms with E-state index in [1.165, 1.54) is 12.8 Å². The zero-order chi connectivity index (χ0) is 14.8. The van der Waals surface area contributed by atoms with Crippen LogP contribution in [0.2, 0.25) is 0 Å². The lowest BCUT2D eigenvalue weighted by atomic mass is 9.83. The number of carbonyl (C=O) groups excluding carboxylic acids is 1. The Balaban J connectivity index is 2.41. The molecule has 20 heavy (non-hydrogen) atoms. The fourth-order valence-corrected chi connectivity index (χ4v) is 3.06. The largest absolute Gasteiger partial charge is 0.460 e. The first-order valence-corrected chi connectivity index (χ1v) is 7.72. The number of oxazole rings is 1. The van der Waals surface area contributed by atoms with Gasteiger partial charge in [-0.15, -0.1) is 0 Å². The van der Waals surface area contributed by atoms with Gasteiger partial charge in [-0.1, -0.05) is 33.6 Å². The Kier molecular flexibility index (Phi) is 4.51. The van der Waals surface area contributed by atoms with Crippen molar-refractivity contribution in [1.82, 2.24) is 4.98 Å². The van der Waals surface area contributed by atoms with Gasteiger partial charge in [0.25, 0.3) is 0 Å². The van der Waals surface area contributed by atoms with E-state index in [-0.39, 0.29) is 17.3 Å². The third kappa shape index (κ3) is 2.60. The SMILES string of the molecule is CCOC(=O)c1oc(C2(CC)CCCC2)nc1C(C)C. The molecule has 0 amide bonds. The number of hydrogen-bond acceptors (Lipinski definition) is 4. The van der Waals surface area contributed by atoms with Crippen LogP contribution in [-0.4, -0.2) is 17.6 Å². The monoisotopic (exact) mass is 279 g/mol. The van der Waals surface area contributed by atoms with Gasteiger partial charge in [-0.25, -0.2) is 9.78 Å². The van der Waals surface area contributed by atoms with Crippen molar-refractivity contribution >= 4 is 5.97 Å². The van der Waals surface area contributed by atoms with E-state index in [4.69, 9.17) is 9.15 Å². The van der Waals surface area contributed by atoms with Gasteiger partial charge in [-0.05, 0) is 32.1 Å². The van der Waals surface area contributed by atoms with E-state index >= 15 is 0 Å². The van der Waals surface area contributed by atoms with Gasteiger partial charge in [0.1, 0.15) is 0 Å². The highest BCUT2D eigenvalue weighted by atomic mass is 16.5. The van der Waals surface area contributed by atoms with E-state index in [2.05, 4.69) is 11.9 Å². The zero-order valence-electron chi connectivity index (χ0n) is 13.0. The first kappa shape index (κ1) is 15.1. The molecule has 0 radical (unpaired) electrons. The standard InChI is InChI=1S/C16H25NO3/c1-5-16(9-7-8-10-16)15-17-12(11(3)4)13(20-15)14(18)19-6-2/h11H,5-10H2,1-4H3. The lowest BCUT2D eigenvalue weighted by Gasteiger charge is -2.22. The molecular formula is C16H25NO3. The van der Waals surface area contributed by atoms with Gasteiger partial charge in [0, 0.05) is 5.41 Å². The number of aromatic nitrogens is 1. The number of nitrogens with zero attached hydrogens (tertiary/aromatic N) is 1. The Hall–Kier alpha value is -1.32. The normalized spacial score (nSPS) is 17.6. The quantitative estimate of drug-likeness (QED) is 0.758. The molecule has 0 atom stereocenters. The predicted octanol–water partition coefficient (Wildman–Crippen LogP) is 4.20. The van der Waals surface area contributed by atoms with Crippen molar-refractivity contribution in [2.45, 2.75) is 71.1 Å². The molecule has 0 aliphatic heterocycles. The smallest absolute Gasteiger partial charge is 0.376 e. The highest BCUT2D eigenvalue weighted by Crippen LogP contribution is 2.44. The predicted molar refractivity (Wildman–Crippen MR) is 77.0 cm³/mol. The summed E-state index contributed by atoms with van der Waals surface area (Å²) in [6.45, 7) is 8.38. The molecule has 1 heterocycles. The van der Waals surface area contributed by atoms with Crippen molar-refractivity contribution in [3.05, 3.63) is 17.3 Å². The van der Waals surface area contributed by atoms with Gasteiger partial charge in [-0.2, -0.15) is 0 Å². The van der Waals surface area contributed by atoms with Crippen LogP contribution >= 0.6 is 0 Å². The van der Waals surface area contributed by atoms with Crippen molar-refractivity contribution < 1.29 is 13.9 Å². The van der Waals surface area contributed by atoms with Gasteiger partial charge in [0.15, 0.2) is 0 Å².